The van der Waals surface area contributed by atoms with E-state index in [2.05, 4.69) is 4.98 Å². The number of amides is 1. The molecule has 0 saturated carbocycles. The number of nitrogens with zero attached hydrogens (tertiary/aromatic N) is 2. The van der Waals surface area contributed by atoms with Crippen LogP contribution in [0.25, 0.3) is 0 Å². The standard InChI is InChI=1S/C10H13N2O3/c1-10(2,3)15-9(13)12(14)8-4-6-11-7-5-8/h4-7H,1-3H3/q-1. The Morgan fingerprint density at radius 1 is 1.40 bits per heavy atom. The van der Waals surface area contributed by atoms with E-state index in [0.717, 1.165) is 0 Å². The average Bonchev–Trinajstić information content (AvgIpc) is 2.15. The molecule has 0 N–H and O–H groups in total. The summed E-state index contributed by atoms with van der Waals surface area (Å²) in [6.07, 6.45) is 1.95. The molecule has 0 aliphatic rings. The van der Waals surface area contributed by atoms with Gasteiger partial charge < -0.3 is 15.0 Å². The van der Waals surface area contributed by atoms with Crippen LogP contribution in [0.5, 0.6) is 0 Å². The number of aromatic nitrogens is 1. The molecule has 0 aromatic carbocycles. The van der Waals surface area contributed by atoms with E-state index in [4.69, 9.17) is 4.74 Å². The quantitative estimate of drug-likeness (QED) is 0.666. The molecule has 0 fully saturated rings. The Morgan fingerprint density at radius 2 is 1.93 bits per heavy atom. The van der Waals surface area contributed by atoms with E-state index in [0.29, 0.717) is 0 Å². The predicted molar refractivity (Wildman–Crippen MR) is 56.3 cm³/mol. The molecule has 5 nitrogen and oxygen atoms in total. The fourth-order valence-electron chi connectivity index (χ4n) is 0.888. The average molecular weight is 209 g/mol. The molecule has 1 amide bonds. The van der Waals surface area contributed by atoms with Gasteiger partial charge in [-0.3, -0.25) is 4.98 Å². The largest absolute Gasteiger partial charge is 0.749 e. The van der Waals surface area contributed by atoms with Gasteiger partial charge in [-0.05, 0) is 32.9 Å². The second kappa shape index (κ2) is 4.27. The van der Waals surface area contributed by atoms with Crippen molar-refractivity contribution in [2.45, 2.75) is 26.4 Å². The molecule has 1 rings (SSSR count). The fourth-order valence-corrected chi connectivity index (χ4v) is 0.888. The zero-order valence-corrected chi connectivity index (χ0v) is 8.93. The third-order valence-corrected chi connectivity index (χ3v) is 1.46. The highest BCUT2D eigenvalue weighted by molar-refractivity contribution is 5.88. The van der Waals surface area contributed by atoms with Crippen LogP contribution in [0.4, 0.5) is 10.5 Å². The van der Waals surface area contributed by atoms with Crippen molar-refractivity contribution in [1.82, 2.24) is 4.98 Å². The van der Waals surface area contributed by atoms with Crippen molar-refractivity contribution < 1.29 is 9.53 Å². The van der Waals surface area contributed by atoms with Crippen LogP contribution in [0.2, 0.25) is 0 Å². The lowest BCUT2D eigenvalue weighted by atomic mass is 10.2. The Labute approximate surface area is 88.3 Å². The Morgan fingerprint density at radius 3 is 2.40 bits per heavy atom. The summed E-state index contributed by atoms with van der Waals surface area (Å²) in [5.41, 5.74) is -0.466. The lowest BCUT2D eigenvalue weighted by Crippen LogP contribution is -2.33. The number of pyridine rings is 1. The first kappa shape index (κ1) is 11.5. The zero-order valence-electron chi connectivity index (χ0n) is 8.93. The maximum atomic E-state index is 11.4. The SMILES string of the molecule is CC(C)(C)OC(=O)N([O-])c1ccncc1. The summed E-state index contributed by atoms with van der Waals surface area (Å²) < 4.78 is 4.91. The number of hydroxylamine groups is 1. The van der Waals surface area contributed by atoms with Gasteiger partial charge in [0.25, 0.3) is 0 Å². The van der Waals surface area contributed by atoms with Gasteiger partial charge in [0.2, 0.25) is 0 Å². The minimum Gasteiger partial charge on any atom is -0.749 e. The summed E-state index contributed by atoms with van der Waals surface area (Å²) in [5.74, 6) is 0. The highest BCUT2D eigenvalue weighted by atomic mass is 16.6. The Balaban J connectivity index is 2.70. The molecule has 0 radical (unpaired) electrons. The van der Waals surface area contributed by atoms with Gasteiger partial charge in [-0.15, -0.1) is 0 Å². The van der Waals surface area contributed by atoms with E-state index in [9.17, 15) is 10.0 Å². The second-order valence-electron chi connectivity index (χ2n) is 3.98. The lowest BCUT2D eigenvalue weighted by Gasteiger charge is -2.31. The van der Waals surface area contributed by atoms with Crippen LogP contribution < -0.4 is 5.06 Å². The first-order valence-electron chi connectivity index (χ1n) is 4.50. The van der Waals surface area contributed by atoms with E-state index in [1.54, 1.807) is 20.8 Å². The molecule has 0 spiro atoms. The molecule has 0 saturated heterocycles. The maximum absolute atomic E-state index is 11.4. The van der Waals surface area contributed by atoms with Gasteiger partial charge in [0.1, 0.15) is 5.60 Å². The predicted octanol–water partition coefficient (Wildman–Crippen LogP) is 2.32. The molecule has 1 heterocycles. The molecule has 82 valence electrons. The van der Waals surface area contributed by atoms with Crippen molar-refractivity contribution in [2.24, 2.45) is 0 Å². The van der Waals surface area contributed by atoms with Crippen molar-refractivity contribution in [3.63, 3.8) is 0 Å². The highest BCUT2D eigenvalue weighted by Crippen LogP contribution is 2.15. The first-order chi connectivity index (χ1) is 6.90. The molecule has 5 heteroatoms. The topological polar surface area (TPSA) is 65.5 Å². The summed E-state index contributed by atoms with van der Waals surface area (Å²) in [7, 11) is 0. The van der Waals surface area contributed by atoms with Crippen molar-refractivity contribution in [2.75, 3.05) is 5.06 Å². The lowest BCUT2D eigenvalue weighted by molar-refractivity contribution is 0.0596. The van der Waals surface area contributed by atoms with Crippen molar-refractivity contribution in [3.05, 3.63) is 29.7 Å². The molecular weight excluding hydrogens is 196 g/mol. The summed E-state index contributed by atoms with van der Waals surface area (Å²) in [6.45, 7) is 5.10. The third kappa shape index (κ3) is 3.55. The fraction of sp³-hybridized carbons (Fsp3) is 0.400. The van der Waals surface area contributed by atoms with Gasteiger partial charge in [0.15, 0.2) is 0 Å². The minimum atomic E-state index is -0.922. The van der Waals surface area contributed by atoms with Crippen molar-refractivity contribution in [3.8, 4) is 0 Å². The number of hydrogen-bond acceptors (Lipinski definition) is 4. The van der Waals surface area contributed by atoms with Crippen LogP contribution in [-0.2, 0) is 4.74 Å². The monoisotopic (exact) mass is 209 g/mol. The third-order valence-electron chi connectivity index (χ3n) is 1.46. The van der Waals surface area contributed by atoms with Crippen LogP contribution >= 0.6 is 0 Å². The molecular formula is C10H13N2O3-. The van der Waals surface area contributed by atoms with Crippen molar-refractivity contribution >= 4 is 11.8 Å². The van der Waals surface area contributed by atoms with Gasteiger partial charge in [-0.2, -0.15) is 0 Å². The van der Waals surface area contributed by atoms with E-state index >= 15 is 0 Å². The van der Waals surface area contributed by atoms with Gasteiger partial charge in [0.05, 0.1) is 0 Å². The van der Waals surface area contributed by atoms with E-state index < -0.39 is 11.7 Å². The number of carbonyl (C=O) groups is 1. The molecule has 0 aliphatic carbocycles. The maximum Gasteiger partial charge on any atom is 0.404 e. The number of carbonyl (C=O) groups excluding carboxylic acids is 1. The highest BCUT2D eigenvalue weighted by Gasteiger charge is 2.17. The van der Waals surface area contributed by atoms with E-state index in [-0.39, 0.29) is 10.8 Å². The number of hydrogen-bond donors (Lipinski definition) is 0. The summed E-state index contributed by atoms with van der Waals surface area (Å²) in [4.78, 5) is 15.1. The van der Waals surface area contributed by atoms with E-state index in [1.807, 2.05) is 0 Å². The summed E-state index contributed by atoms with van der Waals surface area (Å²) in [5, 5.41) is 11.6. The normalized spacial score (nSPS) is 10.9. The number of rotatable bonds is 1. The molecule has 1 aromatic heterocycles. The Bertz CT molecular complexity index is 332. The van der Waals surface area contributed by atoms with Crippen LogP contribution in [-0.4, -0.2) is 16.7 Å². The van der Waals surface area contributed by atoms with Crippen LogP contribution in [0, 0.1) is 5.21 Å². The van der Waals surface area contributed by atoms with Crippen LogP contribution in [0.3, 0.4) is 0 Å². The van der Waals surface area contributed by atoms with E-state index in [1.165, 1.54) is 24.5 Å². The molecule has 0 unspecified atom stereocenters. The van der Waals surface area contributed by atoms with Crippen LogP contribution in [0.15, 0.2) is 24.5 Å². The minimum absolute atomic E-state index is 0.201. The summed E-state index contributed by atoms with van der Waals surface area (Å²) >= 11 is 0. The van der Waals surface area contributed by atoms with Gasteiger partial charge in [0, 0.05) is 18.1 Å². The number of ether oxygens (including phenoxy) is 1. The van der Waals surface area contributed by atoms with Gasteiger partial charge in [-0.25, -0.2) is 4.79 Å². The number of anilines is 1. The Hall–Kier alpha value is -1.62. The van der Waals surface area contributed by atoms with Crippen LogP contribution in [0.1, 0.15) is 20.8 Å². The van der Waals surface area contributed by atoms with Gasteiger partial charge >= 0.3 is 6.09 Å². The smallest absolute Gasteiger partial charge is 0.404 e. The second-order valence-corrected chi connectivity index (χ2v) is 3.98. The molecule has 15 heavy (non-hydrogen) atoms. The summed E-state index contributed by atoms with van der Waals surface area (Å²) in [6, 6.07) is 2.88. The van der Waals surface area contributed by atoms with Gasteiger partial charge in [-0.1, -0.05) is 0 Å². The molecule has 1 aromatic rings. The zero-order chi connectivity index (χ0) is 11.5. The Kier molecular flexibility index (Phi) is 3.26. The van der Waals surface area contributed by atoms with Crippen molar-refractivity contribution in [1.29, 1.82) is 0 Å². The molecule has 0 atom stereocenters. The molecule has 0 bridgehead atoms. The first-order valence-corrected chi connectivity index (χ1v) is 4.50. The molecule has 0 aliphatic heterocycles.